The topological polar surface area (TPSA) is 60.8 Å². The number of rotatable bonds is 5. The molecule has 5 heteroatoms. The van der Waals surface area contributed by atoms with E-state index in [1.165, 1.54) is 22.3 Å². The fourth-order valence-electron chi connectivity index (χ4n) is 10.2. The maximum Gasteiger partial charge on any atom is 0.140 e. The Hall–Kier alpha value is -8.54. The molecule has 0 amide bonds. The summed E-state index contributed by atoms with van der Waals surface area (Å²) in [6.07, 6.45) is 3.61. The zero-order valence-electron chi connectivity index (χ0n) is 34.5. The summed E-state index contributed by atoms with van der Waals surface area (Å²) in [6, 6.07) is 73.0. The number of fused-ring (bicyclic) bond motifs is 13. The Labute approximate surface area is 370 Å². The van der Waals surface area contributed by atoms with Crippen molar-refractivity contribution in [3.8, 4) is 78.9 Å². The average Bonchev–Trinajstić information content (AvgIpc) is 3.67. The van der Waals surface area contributed by atoms with Crippen LogP contribution in [0.2, 0.25) is 0 Å². The Bertz CT molecular complexity index is 3520. The number of nitrogens with zero attached hydrogens (tertiary/aromatic N) is 4. The summed E-state index contributed by atoms with van der Waals surface area (Å²) in [6.45, 7) is 0. The van der Waals surface area contributed by atoms with Crippen molar-refractivity contribution in [2.75, 3.05) is 0 Å². The second-order valence-electron chi connectivity index (χ2n) is 16.5. The van der Waals surface area contributed by atoms with Crippen LogP contribution < -0.4 is 4.74 Å². The minimum absolute atomic E-state index is 0.654. The van der Waals surface area contributed by atoms with Gasteiger partial charge in [-0.05, 0) is 99.1 Å². The molecule has 64 heavy (non-hydrogen) atoms. The van der Waals surface area contributed by atoms with Crippen molar-refractivity contribution in [3.63, 3.8) is 0 Å². The summed E-state index contributed by atoms with van der Waals surface area (Å²) in [5.74, 6) is 1.71. The van der Waals surface area contributed by atoms with E-state index in [0.29, 0.717) is 0 Å². The zero-order valence-corrected chi connectivity index (χ0v) is 34.5. The monoisotopic (exact) mass is 816 g/mol. The van der Waals surface area contributed by atoms with E-state index in [-0.39, 0.29) is 0 Å². The van der Waals surface area contributed by atoms with Crippen molar-refractivity contribution in [3.05, 3.63) is 241 Å². The number of ether oxygens (including phenoxy) is 1. The SMILES string of the molecule is c1ccc(-c2nc3ccccc3c3c4c(ccc23)C2(c3cc(-c5ccc(-c6cc(-c7ccccn7)nc(-c7ccccn7)c6)cc5)ccc3O4)c3ccccc3-c3ccccc32)cc1. The van der Waals surface area contributed by atoms with Crippen LogP contribution in [0.4, 0.5) is 0 Å². The Kier molecular flexibility index (Phi) is 8.06. The molecule has 11 aromatic rings. The zero-order chi connectivity index (χ0) is 42.2. The fraction of sp³-hybridized carbons (Fsp3) is 0.0169. The highest BCUT2D eigenvalue weighted by Crippen LogP contribution is 2.64. The second kappa shape index (κ2) is 14.3. The van der Waals surface area contributed by atoms with Crippen LogP contribution in [0.3, 0.4) is 0 Å². The van der Waals surface area contributed by atoms with Crippen LogP contribution in [0.1, 0.15) is 22.3 Å². The molecular formula is C59H36N4O. The van der Waals surface area contributed by atoms with Crippen LogP contribution in [0.5, 0.6) is 11.5 Å². The van der Waals surface area contributed by atoms with Crippen LogP contribution in [0.25, 0.3) is 89.1 Å². The first kappa shape index (κ1) is 36.1. The molecular weight excluding hydrogens is 781 g/mol. The smallest absolute Gasteiger partial charge is 0.140 e. The van der Waals surface area contributed by atoms with E-state index in [2.05, 4.69) is 180 Å². The minimum Gasteiger partial charge on any atom is -0.456 e. The van der Waals surface area contributed by atoms with Gasteiger partial charge in [0.15, 0.2) is 0 Å². The minimum atomic E-state index is -0.654. The number of hydrogen-bond acceptors (Lipinski definition) is 5. The van der Waals surface area contributed by atoms with Gasteiger partial charge in [-0.3, -0.25) is 9.97 Å². The molecule has 1 aliphatic carbocycles. The third-order valence-electron chi connectivity index (χ3n) is 13.0. The quantitative estimate of drug-likeness (QED) is 0.162. The van der Waals surface area contributed by atoms with E-state index < -0.39 is 5.41 Å². The summed E-state index contributed by atoms with van der Waals surface area (Å²) in [5, 5.41) is 3.20. The molecule has 0 N–H and O–H groups in total. The number of hydrogen-bond donors (Lipinski definition) is 0. The Morgan fingerprint density at radius 1 is 0.359 bits per heavy atom. The van der Waals surface area contributed by atoms with Crippen LogP contribution >= 0.6 is 0 Å². The van der Waals surface area contributed by atoms with Gasteiger partial charge in [-0.15, -0.1) is 0 Å². The van der Waals surface area contributed by atoms with Gasteiger partial charge < -0.3 is 4.74 Å². The van der Waals surface area contributed by atoms with Gasteiger partial charge >= 0.3 is 0 Å². The fourth-order valence-corrected chi connectivity index (χ4v) is 10.2. The van der Waals surface area contributed by atoms with Gasteiger partial charge in [0.25, 0.3) is 0 Å². The van der Waals surface area contributed by atoms with Crippen LogP contribution in [-0.4, -0.2) is 19.9 Å². The van der Waals surface area contributed by atoms with E-state index >= 15 is 0 Å². The van der Waals surface area contributed by atoms with Gasteiger partial charge in [-0.25, -0.2) is 9.97 Å². The molecule has 1 aliphatic heterocycles. The first-order valence-electron chi connectivity index (χ1n) is 21.6. The maximum absolute atomic E-state index is 7.33. The predicted molar refractivity (Wildman–Crippen MR) is 257 cm³/mol. The summed E-state index contributed by atoms with van der Waals surface area (Å²) >= 11 is 0. The summed E-state index contributed by atoms with van der Waals surface area (Å²) < 4.78 is 7.33. The lowest BCUT2D eigenvalue weighted by atomic mass is 9.65. The summed E-state index contributed by atoms with van der Waals surface area (Å²) in [7, 11) is 0. The highest BCUT2D eigenvalue weighted by molar-refractivity contribution is 6.15. The standard InChI is InChI=1S/C59H36N4O/c1-2-14-39(15-3-1)57-45-29-30-48-58(56(45)44-18-6-9-21-50(44)63-57)64-55-31-28-40(34-49(55)59(48)46-19-7-4-16-42(46)43-17-5-8-20-47(43)59)37-24-26-38(27-25-37)41-35-53(51-22-10-12-32-60-51)62-54(36-41)52-23-11-13-33-61-52/h1-36H. The number of aromatic nitrogens is 4. The number of para-hydroxylation sites is 1. The summed E-state index contributed by atoms with van der Waals surface area (Å²) in [4.78, 5) is 19.5. The van der Waals surface area contributed by atoms with Crippen molar-refractivity contribution < 1.29 is 4.74 Å². The number of pyridine rings is 4. The molecule has 0 bridgehead atoms. The third kappa shape index (κ3) is 5.44. The van der Waals surface area contributed by atoms with Crippen molar-refractivity contribution in [2.24, 2.45) is 0 Å². The maximum atomic E-state index is 7.33. The van der Waals surface area contributed by atoms with Crippen LogP contribution in [-0.2, 0) is 5.41 Å². The lowest BCUT2D eigenvalue weighted by molar-refractivity contribution is 0.442. The van der Waals surface area contributed by atoms with Gasteiger partial charge in [0.1, 0.15) is 11.5 Å². The van der Waals surface area contributed by atoms with Gasteiger partial charge in [0.2, 0.25) is 0 Å². The van der Waals surface area contributed by atoms with Gasteiger partial charge in [0.05, 0.1) is 39.4 Å². The van der Waals surface area contributed by atoms with Crippen molar-refractivity contribution >= 4 is 21.7 Å². The molecule has 1 spiro atoms. The van der Waals surface area contributed by atoms with Crippen molar-refractivity contribution in [1.82, 2.24) is 19.9 Å². The highest BCUT2D eigenvalue weighted by atomic mass is 16.5. The molecule has 0 fully saturated rings. The average molecular weight is 817 g/mol. The van der Waals surface area contributed by atoms with Crippen LogP contribution in [0, 0.1) is 0 Å². The predicted octanol–water partition coefficient (Wildman–Crippen LogP) is 14.4. The Morgan fingerprint density at radius 3 is 1.62 bits per heavy atom. The lowest BCUT2D eigenvalue weighted by Gasteiger charge is -2.40. The molecule has 0 saturated heterocycles. The normalized spacial score (nSPS) is 12.9. The van der Waals surface area contributed by atoms with Crippen molar-refractivity contribution in [1.29, 1.82) is 0 Å². The lowest BCUT2D eigenvalue weighted by Crippen LogP contribution is -2.32. The number of benzene rings is 7. The first-order valence-corrected chi connectivity index (χ1v) is 21.6. The molecule has 0 saturated carbocycles. The van der Waals surface area contributed by atoms with E-state index in [9.17, 15) is 0 Å². The highest BCUT2D eigenvalue weighted by Gasteiger charge is 2.51. The molecule has 0 atom stereocenters. The van der Waals surface area contributed by atoms with Gasteiger partial charge in [-0.1, -0.05) is 152 Å². The first-order chi connectivity index (χ1) is 31.7. The molecule has 0 radical (unpaired) electrons. The molecule has 2 aliphatic rings. The third-order valence-corrected chi connectivity index (χ3v) is 13.0. The molecule has 7 aromatic carbocycles. The van der Waals surface area contributed by atoms with Crippen molar-refractivity contribution in [2.45, 2.75) is 5.41 Å². The van der Waals surface area contributed by atoms with Gasteiger partial charge in [-0.2, -0.15) is 0 Å². The molecule has 0 unspecified atom stereocenters. The van der Waals surface area contributed by atoms with Gasteiger partial charge in [0, 0.05) is 45.2 Å². The molecule has 5 nitrogen and oxygen atoms in total. The molecule has 5 heterocycles. The van der Waals surface area contributed by atoms with Crippen LogP contribution in [0.15, 0.2) is 219 Å². The molecule has 298 valence electrons. The van der Waals surface area contributed by atoms with E-state index in [1.807, 2.05) is 36.4 Å². The molecule has 13 rings (SSSR count). The summed E-state index contributed by atoms with van der Waals surface area (Å²) in [5.41, 5.74) is 17.1. The Morgan fingerprint density at radius 2 is 0.953 bits per heavy atom. The largest absolute Gasteiger partial charge is 0.456 e. The Balaban J connectivity index is 1.00. The van der Waals surface area contributed by atoms with E-state index in [4.69, 9.17) is 14.7 Å². The second-order valence-corrected chi connectivity index (χ2v) is 16.5. The van der Waals surface area contributed by atoms with E-state index in [1.54, 1.807) is 12.4 Å². The van der Waals surface area contributed by atoms with E-state index in [0.717, 1.165) is 101 Å². The molecule has 4 aromatic heterocycles.